The Balaban J connectivity index is 0.930. The molecule has 0 aromatic heterocycles. The van der Waals surface area contributed by atoms with Gasteiger partial charge in [-0.2, -0.15) is 0 Å². The van der Waals surface area contributed by atoms with Crippen molar-refractivity contribution in [3.8, 4) is 0 Å². The van der Waals surface area contributed by atoms with Crippen molar-refractivity contribution in [2.75, 3.05) is 13.2 Å². The van der Waals surface area contributed by atoms with Crippen LogP contribution in [-0.4, -0.2) is 13.2 Å². The Bertz CT molecular complexity index is 694. The third-order valence-corrected chi connectivity index (χ3v) is 12.5. The summed E-state index contributed by atoms with van der Waals surface area (Å²) in [5.74, 6) is 7.85. The Hall–Kier alpha value is -0.560. The van der Waals surface area contributed by atoms with Gasteiger partial charge in [0.15, 0.2) is 0 Å². The number of ether oxygens (including phenoxy) is 1. The van der Waals surface area contributed by atoms with Gasteiger partial charge in [0.2, 0.25) is 0 Å². The average Bonchev–Trinajstić information content (AvgIpc) is 3.00. The maximum atomic E-state index is 6.00. The molecular weight excluding hydrogens is 496 g/mol. The van der Waals surface area contributed by atoms with E-state index < -0.39 is 0 Å². The van der Waals surface area contributed by atoms with Crippen LogP contribution in [0.4, 0.5) is 0 Å². The van der Waals surface area contributed by atoms with Crippen molar-refractivity contribution in [3.63, 3.8) is 0 Å². The van der Waals surface area contributed by atoms with Crippen molar-refractivity contribution in [1.82, 2.24) is 0 Å². The van der Waals surface area contributed by atoms with Crippen LogP contribution < -0.4 is 0 Å². The maximum Gasteiger partial charge on any atom is 0.0466 e. The van der Waals surface area contributed by atoms with Crippen LogP contribution in [0.3, 0.4) is 0 Å². The summed E-state index contributed by atoms with van der Waals surface area (Å²) in [5, 5.41) is 0. The highest BCUT2D eigenvalue weighted by molar-refractivity contribution is 5.08. The highest BCUT2D eigenvalue weighted by Gasteiger charge is 2.30. The second kappa shape index (κ2) is 18.3. The molecule has 0 heterocycles. The van der Waals surface area contributed by atoms with Crippen LogP contribution in [0, 0.1) is 47.3 Å². The summed E-state index contributed by atoms with van der Waals surface area (Å²) < 4.78 is 6.00. The van der Waals surface area contributed by atoms with Crippen molar-refractivity contribution in [1.29, 1.82) is 0 Å². The van der Waals surface area contributed by atoms with Gasteiger partial charge in [0.05, 0.1) is 0 Å². The summed E-state index contributed by atoms with van der Waals surface area (Å²) in [7, 11) is 0. The monoisotopic (exact) mass is 567 g/mol. The van der Waals surface area contributed by atoms with Gasteiger partial charge in [-0.1, -0.05) is 63.8 Å². The third-order valence-electron chi connectivity index (χ3n) is 12.5. The normalized spacial score (nSPS) is 31.4. The van der Waals surface area contributed by atoms with Crippen molar-refractivity contribution < 1.29 is 4.74 Å². The number of rotatable bonds is 16. The Labute approximate surface area is 257 Å². The molecule has 0 N–H and O–H groups in total. The smallest absolute Gasteiger partial charge is 0.0466 e. The molecule has 1 nitrogen and oxygen atoms in total. The lowest BCUT2D eigenvalue weighted by Crippen LogP contribution is -2.25. The van der Waals surface area contributed by atoms with E-state index in [0.717, 1.165) is 60.6 Å². The molecule has 0 spiro atoms. The minimum Gasteiger partial charge on any atom is -0.381 e. The van der Waals surface area contributed by atoms with Crippen molar-refractivity contribution in [3.05, 3.63) is 23.3 Å². The minimum absolute atomic E-state index is 0.894. The average molecular weight is 567 g/mol. The molecule has 4 rings (SSSR count). The van der Waals surface area contributed by atoms with Crippen LogP contribution in [0.1, 0.15) is 169 Å². The molecule has 0 bridgehead atoms. The van der Waals surface area contributed by atoms with E-state index in [1.54, 1.807) is 11.1 Å². The first-order valence-electron chi connectivity index (χ1n) is 18.9. The topological polar surface area (TPSA) is 9.23 Å². The summed E-state index contributed by atoms with van der Waals surface area (Å²) in [4.78, 5) is 0. The lowest BCUT2D eigenvalue weighted by atomic mass is 9.69. The Morgan fingerprint density at radius 1 is 0.512 bits per heavy atom. The van der Waals surface area contributed by atoms with Crippen LogP contribution in [0.25, 0.3) is 0 Å². The summed E-state index contributed by atoms with van der Waals surface area (Å²) >= 11 is 0. The summed E-state index contributed by atoms with van der Waals surface area (Å²) in [6.45, 7) is 11.7. The molecule has 2 unspecified atom stereocenters. The quantitative estimate of drug-likeness (QED) is 0.133. The van der Waals surface area contributed by atoms with E-state index in [1.165, 1.54) is 141 Å². The van der Waals surface area contributed by atoms with Crippen LogP contribution in [0.2, 0.25) is 0 Å². The number of hydrogen-bond acceptors (Lipinski definition) is 1. The molecule has 4 aliphatic carbocycles. The highest BCUT2D eigenvalue weighted by Crippen LogP contribution is 2.43. The van der Waals surface area contributed by atoms with Gasteiger partial charge in [-0.3, -0.25) is 0 Å². The largest absolute Gasteiger partial charge is 0.381 e. The predicted molar refractivity (Wildman–Crippen MR) is 179 cm³/mol. The molecule has 2 saturated carbocycles. The number of allylic oxidation sites excluding steroid dienone is 4. The zero-order valence-electron chi connectivity index (χ0n) is 28.2. The van der Waals surface area contributed by atoms with Gasteiger partial charge in [0, 0.05) is 13.2 Å². The van der Waals surface area contributed by atoms with E-state index in [2.05, 4.69) is 39.8 Å². The van der Waals surface area contributed by atoms with Gasteiger partial charge in [-0.15, -0.1) is 0 Å². The summed E-state index contributed by atoms with van der Waals surface area (Å²) in [6, 6.07) is 0. The number of hydrogen-bond donors (Lipinski definition) is 0. The van der Waals surface area contributed by atoms with Gasteiger partial charge in [0.1, 0.15) is 0 Å². The molecule has 2 atom stereocenters. The Kier molecular flexibility index (Phi) is 14.9. The van der Waals surface area contributed by atoms with Crippen LogP contribution in [0.5, 0.6) is 0 Å². The molecule has 0 saturated heterocycles. The van der Waals surface area contributed by atoms with Crippen LogP contribution >= 0.6 is 0 Å². The van der Waals surface area contributed by atoms with E-state index in [1.807, 2.05) is 0 Å². The standard InChI is InChI=1S/C40H70O/c1-31(2)35-21-25-39(26-22-35)37-17-13-33(14-18-37)11-7-5-9-29-41-30-10-6-8-12-34-15-19-38(20-16-34)40-27-23-36(24-28-40)32(3)4/h13,15,31-32,35-40H,5-12,14,16-30H2,1-4H3. The van der Waals surface area contributed by atoms with Crippen LogP contribution in [-0.2, 0) is 4.74 Å². The fraction of sp³-hybridized carbons (Fsp3) is 0.900. The van der Waals surface area contributed by atoms with E-state index >= 15 is 0 Å². The van der Waals surface area contributed by atoms with Gasteiger partial charge in [-0.25, -0.2) is 0 Å². The highest BCUT2D eigenvalue weighted by atomic mass is 16.5. The number of unbranched alkanes of at least 4 members (excludes halogenated alkanes) is 4. The fourth-order valence-corrected chi connectivity index (χ4v) is 9.26. The van der Waals surface area contributed by atoms with Crippen molar-refractivity contribution in [2.24, 2.45) is 47.3 Å². The Morgan fingerprint density at radius 2 is 0.927 bits per heavy atom. The maximum absolute atomic E-state index is 6.00. The second-order valence-electron chi connectivity index (χ2n) is 15.9. The molecule has 41 heavy (non-hydrogen) atoms. The zero-order chi connectivity index (χ0) is 28.9. The first-order valence-corrected chi connectivity index (χ1v) is 18.9. The molecule has 4 aliphatic rings. The van der Waals surface area contributed by atoms with Gasteiger partial charge >= 0.3 is 0 Å². The minimum atomic E-state index is 0.894. The molecule has 0 aromatic carbocycles. The molecule has 0 aliphatic heterocycles. The van der Waals surface area contributed by atoms with Gasteiger partial charge < -0.3 is 4.74 Å². The third kappa shape index (κ3) is 11.5. The molecule has 236 valence electrons. The lowest BCUT2D eigenvalue weighted by Gasteiger charge is -2.36. The van der Waals surface area contributed by atoms with E-state index in [4.69, 9.17) is 4.74 Å². The van der Waals surface area contributed by atoms with Crippen molar-refractivity contribution in [2.45, 2.75) is 169 Å². The first-order chi connectivity index (χ1) is 20.0. The van der Waals surface area contributed by atoms with Gasteiger partial charge in [0.25, 0.3) is 0 Å². The molecule has 2 fully saturated rings. The fourth-order valence-electron chi connectivity index (χ4n) is 9.26. The van der Waals surface area contributed by atoms with E-state index in [9.17, 15) is 0 Å². The molecular formula is C40H70O. The summed E-state index contributed by atoms with van der Waals surface area (Å²) in [5.41, 5.74) is 3.55. The SMILES string of the molecule is CC(C)C1CCC(C2CC=C(CCCCCOCCCCCC3=CCC(C4CCC(C(C)C)CC4)CC3)CC2)CC1. The van der Waals surface area contributed by atoms with Gasteiger partial charge in [-0.05, 0) is 176 Å². The first kappa shape index (κ1) is 33.3. The zero-order valence-corrected chi connectivity index (χ0v) is 28.2. The predicted octanol–water partition coefficient (Wildman–Crippen LogP) is 12.5. The van der Waals surface area contributed by atoms with E-state index in [-0.39, 0.29) is 0 Å². The van der Waals surface area contributed by atoms with E-state index in [0.29, 0.717) is 0 Å². The molecule has 0 amide bonds. The molecule has 0 radical (unpaired) electrons. The van der Waals surface area contributed by atoms with Crippen molar-refractivity contribution >= 4 is 0 Å². The lowest BCUT2D eigenvalue weighted by molar-refractivity contribution is 0.126. The summed E-state index contributed by atoms with van der Waals surface area (Å²) in [6.07, 6.45) is 36.4. The molecule has 1 heteroatoms. The molecule has 0 aromatic rings. The second-order valence-corrected chi connectivity index (χ2v) is 15.9. The van der Waals surface area contributed by atoms with Crippen LogP contribution in [0.15, 0.2) is 23.3 Å². The Morgan fingerprint density at radius 3 is 1.27 bits per heavy atom.